The van der Waals surface area contributed by atoms with E-state index in [0.29, 0.717) is 31.5 Å². The van der Waals surface area contributed by atoms with Crippen molar-refractivity contribution in [3.05, 3.63) is 77.4 Å². The lowest BCUT2D eigenvalue weighted by Gasteiger charge is -2.30. The summed E-state index contributed by atoms with van der Waals surface area (Å²) in [7, 11) is 0. The second-order valence-corrected chi connectivity index (χ2v) is 7.26. The van der Waals surface area contributed by atoms with Crippen LogP contribution in [0.5, 0.6) is 0 Å². The number of hydrogen-bond acceptors (Lipinski definition) is 2. The first-order valence-corrected chi connectivity index (χ1v) is 9.79. The van der Waals surface area contributed by atoms with Crippen LogP contribution >= 0.6 is 0 Å². The summed E-state index contributed by atoms with van der Waals surface area (Å²) >= 11 is 0. The fraction of sp³-hybridized carbons (Fsp3) is 0.304. The smallest absolute Gasteiger partial charge is 0.352 e. The molecule has 0 aliphatic carbocycles. The summed E-state index contributed by atoms with van der Waals surface area (Å²) in [6, 6.07) is 14.3. The van der Waals surface area contributed by atoms with Crippen molar-refractivity contribution in [2.75, 3.05) is 13.1 Å². The molecule has 1 N–H and O–H groups in total. The number of carbonyl (C=O) groups excluding carboxylic acids is 2. The lowest BCUT2D eigenvalue weighted by Crippen LogP contribution is -2.42. The van der Waals surface area contributed by atoms with Crippen molar-refractivity contribution in [1.82, 2.24) is 10.2 Å². The van der Waals surface area contributed by atoms with Crippen LogP contribution in [0.1, 0.15) is 29.5 Å². The second-order valence-electron chi connectivity index (χ2n) is 7.26. The number of hydrogen-bond donors (Lipinski definition) is 1. The van der Waals surface area contributed by atoms with E-state index in [4.69, 9.17) is 0 Å². The summed E-state index contributed by atoms with van der Waals surface area (Å²) in [6.07, 6.45) is 0.0581. The van der Waals surface area contributed by atoms with E-state index >= 15 is 0 Å². The van der Waals surface area contributed by atoms with Crippen molar-refractivity contribution < 1.29 is 22.8 Å². The molecular formula is C23H23F3N2O2. The van der Waals surface area contributed by atoms with E-state index in [1.54, 1.807) is 17.1 Å². The predicted octanol–water partition coefficient (Wildman–Crippen LogP) is 4.27. The maximum absolute atomic E-state index is 12.6. The van der Waals surface area contributed by atoms with Crippen molar-refractivity contribution in [2.45, 2.75) is 25.6 Å². The molecule has 2 amide bonds. The van der Waals surface area contributed by atoms with Gasteiger partial charge in [0.1, 0.15) is 0 Å². The molecule has 0 bridgehead atoms. The van der Waals surface area contributed by atoms with E-state index < -0.39 is 11.7 Å². The van der Waals surface area contributed by atoms with Gasteiger partial charge in [-0.3, -0.25) is 9.59 Å². The number of nitrogens with one attached hydrogen (secondary N) is 1. The summed E-state index contributed by atoms with van der Waals surface area (Å²) < 4.78 is 37.8. The van der Waals surface area contributed by atoms with E-state index in [1.165, 1.54) is 12.1 Å². The predicted molar refractivity (Wildman–Crippen MR) is 108 cm³/mol. The van der Waals surface area contributed by atoms with Crippen LogP contribution in [0.15, 0.2) is 60.7 Å². The number of halogens is 3. The third-order valence-corrected chi connectivity index (χ3v) is 5.14. The first-order chi connectivity index (χ1) is 14.3. The molecule has 1 heterocycles. The van der Waals surface area contributed by atoms with Gasteiger partial charge in [0.05, 0.1) is 5.56 Å². The summed E-state index contributed by atoms with van der Waals surface area (Å²) in [4.78, 5) is 26.4. The second kappa shape index (κ2) is 9.61. The highest BCUT2D eigenvalue weighted by Crippen LogP contribution is 2.29. The lowest BCUT2D eigenvalue weighted by atomic mass is 9.95. The molecule has 30 heavy (non-hydrogen) atoms. The zero-order valence-electron chi connectivity index (χ0n) is 16.4. The van der Waals surface area contributed by atoms with Gasteiger partial charge in [0, 0.05) is 31.6 Å². The Morgan fingerprint density at radius 3 is 2.23 bits per heavy atom. The fourth-order valence-electron chi connectivity index (χ4n) is 3.34. The summed E-state index contributed by atoms with van der Waals surface area (Å²) in [6.45, 7) is 1.17. The SMILES string of the molecule is O=C(NCc1ccc(C(F)(F)F)cc1)C1CCN(C(=O)C=Cc2ccccc2)CC1. The van der Waals surface area contributed by atoms with Crippen molar-refractivity contribution >= 4 is 17.9 Å². The largest absolute Gasteiger partial charge is 0.416 e. The van der Waals surface area contributed by atoms with Crippen molar-refractivity contribution in [3.63, 3.8) is 0 Å². The third kappa shape index (κ3) is 5.95. The lowest BCUT2D eigenvalue weighted by molar-refractivity contribution is -0.137. The van der Waals surface area contributed by atoms with E-state index in [1.807, 2.05) is 30.3 Å². The number of benzene rings is 2. The molecule has 0 unspecified atom stereocenters. The van der Waals surface area contributed by atoms with Gasteiger partial charge in [0.25, 0.3) is 0 Å². The van der Waals surface area contributed by atoms with Gasteiger partial charge in [0.15, 0.2) is 0 Å². The van der Waals surface area contributed by atoms with Crippen LogP contribution in [0.2, 0.25) is 0 Å². The maximum atomic E-state index is 12.6. The molecule has 2 aromatic carbocycles. The Kier molecular flexibility index (Phi) is 6.92. The van der Waals surface area contributed by atoms with Gasteiger partial charge in [-0.05, 0) is 42.2 Å². The monoisotopic (exact) mass is 416 g/mol. The van der Waals surface area contributed by atoms with Crippen LogP contribution in [0.4, 0.5) is 13.2 Å². The standard InChI is InChI=1S/C23H23F3N2O2/c24-23(25,26)20-9-6-18(7-10-20)16-27-22(30)19-12-14-28(15-13-19)21(29)11-8-17-4-2-1-3-5-17/h1-11,19H,12-16H2,(H,27,30). The Morgan fingerprint density at radius 2 is 1.63 bits per heavy atom. The highest BCUT2D eigenvalue weighted by atomic mass is 19.4. The molecule has 0 spiro atoms. The van der Waals surface area contributed by atoms with Gasteiger partial charge < -0.3 is 10.2 Å². The normalized spacial score (nSPS) is 15.4. The quantitative estimate of drug-likeness (QED) is 0.740. The highest BCUT2D eigenvalue weighted by Gasteiger charge is 2.30. The molecule has 1 fully saturated rings. The van der Waals surface area contributed by atoms with Crippen molar-refractivity contribution in [3.8, 4) is 0 Å². The molecule has 0 saturated carbocycles. The van der Waals surface area contributed by atoms with Crippen LogP contribution in [-0.2, 0) is 22.3 Å². The molecule has 4 nitrogen and oxygen atoms in total. The average molecular weight is 416 g/mol. The number of amides is 2. The molecule has 2 aromatic rings. The average Bonchev–Trinajstić information content (AvgIpc) is 2.76. The Labute approximate surface area is 173 Å². The highest BCUT2D eigenvalue weighted by molar-refractivity contribution is 5.92. The van der Waals surface area contributed by atoms with E-state index in [9.17, 15) is 22.8 Å². The number of rotatable bonds is 5. The Hall–Kier alpha value is -3.09. The van der Waals surface area contributed by atoms with E-state index in [2.05, 4.69) is 5.32 Å². The van der Waals surface area contributed by atoms with Crippen LogP contribution < -0.4 is 5.32 Å². The van der Waals surface area contributed by atoms with Gasteiger partial charge in [-0.1, -0.05) is 42.5 Å². The van der Waals surface area contributed by atoms with Crippen LogP contribution in [-0.4, -0.2) is 29.8 Å². The third-order valence-electron chi connectivity index (χ3n) is 5.14. The topological polar surface area (TPSA) is 49.4 Å². The van der Waals surface area contributed by atoms with Gasteiger partial charge in [-0.25, -0.2) is 0 Å². The minimum Gasteiger partial charge on any atom is -0.352 e. The maximum Gasteiger partial charge on any atom is 0.416 e. The Bertz CT molecular complexity index is 885. The Morgan fingerprint density at radius 1 is 1.00 bits per heavy atom. The Balaban J connectivity index is 1.43. The van der Waals surface area contributed by atoms with Crippen LogP contribution in [0.25, 0.3) is 6.08 Å². The molecule has 3 rings (SSSR count). The number of likely N-dealkylation sites (tertiary alicyclic amines) is 1. The molecule has 0 aromatic heterocycles. The first-order valence-electron chi connectivity index (χ1n) is 9.79. The molecule has 1 aliphatic rings. The zero-order valence-corrected chi connectivity index (χ0v) is 16.4. The number of carbonyl (C=O) groups is 2. The molecule has 0 radical (unpaired) electrons. The van der Waals surface area contributed by atoms with Gasteiger partial charge in [-0.15, -0.1) is 0 Å². The molecule has 158 valence electrons. The molecule has 1 saturated heterocycles. The van der Waals surface area contributed by atoms with Gasteiger partial charge in [0.2, 0.25) is 11.8 Å². The van der Waals surface area contributed by atoms with E-state index in [0.717, 1.165) is 17.7 Å². The van der Waals surface area contributed by atoms with Crippen LogP contribution in [0, 0.1) is 5.92 Å². The number of nitrogens with zero attached hydrogens (tertiary/aromatic N) is 1. The van der Waals surface area contributed by atoms with Gasteiger partial charge >= 0.3 is 6.18 Å². The first kappa shape index (κ1) is 21.6. The fourth-order valence-corrected chi connectivity index (χ4v) is 3.34. The summed E-state index contributed by atoms with van der Waals surface area (Å²) in [5.74, 6) is -0.425. The van der Waals surface area contributed by atoms with Crippen LogP contribution in [0.3, 0.4) is 0 Å². The summed E-state index contributed by atoms with van der Waals surface area (Å²) in [5.41, 5.74) is 0.842. The summed E-state index contributed by atoms with van der Waals surface area (Å²) in [5, 5.41) is 2.78. The number of alkyl halides is 3. The van der Waals surface area contributed by atoms with Crippen molar-refractivity contribution in [2.24, 2.45) is 5.92 Å². The minimum atomic E-state index is -4.37. The zero-order chi connectivity index (χ0) is 21.6. The number of piperidine rings is 1. The molecule has 1 aliphatic heterocycles. The molecule has 7 heteroatoms. The van der Waals surface area contributed by atoms with Gasteiger partial charge in [-0.2, -0.15) is 13.2 Å². The van der Waals surface area contributed by atoms with Crippen molar-refractivity contribution in [1.29, 1.82) is 0 Å². The van der Waals surface area contributed by atoms with E-state index in [-0.39, 0.29) is 24.3 Å². The minimum absolute atomic E-state index is 0.0811. The molecule has 0 atom stereocenters. The molecular weight excluding hydrogens is 393 g/mol.